The van der Waals surface area contributed by atoms with Gasteiger partial charge in [-0.25, -0.2) is 0 Å². The number of rotatable bonds is 0. The molecule has 0 aromatic heterocycles. The average molecular weight is 202 g/mol. The van der Waals surface area contributed by atoms with Gasteiger partial charge >= 0.3 is 39.9 Å². The van der Waals surface area contributed by atoms with Gasteiger partial charge in [0.1, 0.15) is 0 Å². The van der Waals surface area contributed by atoms with Crippen LogP contribution in [0, 0.1) is 36.7 Å². The molecule has 0 unspecified atom stereocenters. The molecule has 0 aliphatic heterocycles. The van der Waals surface area contributed by atoms with E-state index in [1.807, 2.05) is 0 Å². The topological polar surface area (TPSA) is 0 Å². The summed E-state index contributed by atoms with van der Waals surface area (Å²) >= 11 is -5.09. The van der Waals surface area contributed by atoms with Crippen molar-refractivity contribution in [3.63, 3.8) is 0 Å². The number of hydrogen-bond donors (Lipinski definition) is 0. The molecule has 0 spiro atoms. The van der Waals surface area contributed by atoms with Crippen LogP contribution in [0.2, 0.25) is 0 Å². The molecule has 4 heavy (non-hydrogen) atoms. The summed E-state index contributed by atoms with van der Waals surface area (Å²) in [5.74, 6) is 0. The molecular formula is F3Pm. The molecular weight excluding hydrogens is 202 g/mol. The Hall–Kier alpha value is 1.13. The average Bonchev–Trinajstić information content (AvgIpc) is 0.811. The minimum atomic E-state index is -5.09. The van der Waals surface area contributed by atoms with Gasteiger partial charge in [-0.3, -0.25) is 0 Å². The first kappa shape index (κ1) is 5.13. The van der Waals surface area contributed by atoms with E-state index in [-0.39, 0.29) is 0 Å². The third-order valence-electron chi connectivity index (χ3n) is 0. The second-order valence-electron chi connectivity index (χ2n) is 0.192. The van der Waals surface area contributed by atoms with Gasteiger partial charge in [0.05, 0.1) is 0 Å². The molecule has 0 N–H and O–H groups in total. The fraction of sp³-hybridized carbons (Fsp3) is 0. The fourth-order valence-electron chi connectivity index (χ4n) is 0. The summed E-state index contributed by atoms with van der Waals surface area (Å²) in [6, 6.07) is 0. The summed E-state index contributed by atoms with van der Waals surface area (Å²) in [4.78, 5) is 0. The van der Waals surface area contributed by atoms with Gasteiger partial charge in [0.25, 0.3) is 0 Å². The molecule has 0 radical (unpaired) electrons. The summed E-state index contributed by atoms with van der Waals surface area (Å²) in [6.07, 6.45) is 0. The molecule has 0 saturated heterocycles. The van der Waals surface area contributed by atoms with Crippen molar-refractivity contribution in [2.45, 2.75) is 0 Å². The van der Waals surface area contributed by atoms with Crippen molar-refractivity contribution in [1.29, 1.82) is 0 Å². The van der Waals surface area contributed by atoms with Gasteiger partial charge in [0, 0.05) is 0 Å². The van der Waals surface area contributed by atoms with Crippen LogP contribution < -0.4 is 0 Å². The van der Waals surface area contributed by atoms with E-state index in [4.69, 9.17) is 0 Å². The zero-order valence-corrected chi connectivity index (χ0v) is 4.45. The van der Waals surface area contributed by atoms with Gasteiger partial charge in [-0.05, 0) is 0 Å². The summed E-state index contributed by atoms with van der Waals surface area (Å²) in [6.45, 7) is 0. The molecule has 0 amide bonds. The molecule has 0 heterocycles. The first-order chi connectivity index (χ1) is 1.73. The molecule has 4 heteroatoms. The van der Waals surface area contributed by atoms with Gasteiger partial charge in [0.2, 0.25) is 0 Å². The van der Waals surface area contributed by atoms with Crippen LogP contribution in [0.4, 0.5) is 3.19 Å². The zero-order valence-electron chi connectivity index (χ0n) is 1.58. The van der Waals surface area contributed by atoms with E-state index in [1.54, 1.807) is 0 Å². The summed E-state index contributed by atoms with van der Waals surface area (Å²) < 4.78 is 29.6. The van der Waals surface area contributed by atoms with E-state index in [9.17, 15) is 3.19 Å². The molecule has 0 fully saturated rings. The standard InChI is InChI=1S/3FH.Pm/h3*1H;/q;;;+3/p-3. The van der Waals surface area contributed by atoms with Gasteiger partial charge in [-0.15, -0.1) is 0 Å². The van der Waals surface area contributed by atoms with E-state index >= 15 is 0 Å². The van der Waals surface area contributed by atoms with Crippen molar-refractivity contribution in [3.8, 4) is 0 Å². The molecule has 0 aliphatic rings. The molecule has 0 aromatic carbocycles. The van der Waals surface area contributed by atoms with Crippen LogP contribution in [0.15, 0.2) is 0 Å². The van der Waals surface area contributed by atoms with Gasteiger partial charge in [-0.1, -0.05) is 0 Å². The number of halogens is 3. The SMILES string of the molecule is [F][Pm]([F])[F]. The molecule has 0 saturated carbocycles. The molecule has 0 aliphatic carbocycles. The Balaban J connectivity index is 2.32. The Morgan fingerprint density at radius 2 is 1.00 bits per heavy atom. The molecule has 0 nitrogen and oxygen atoms in total. The maximum absolute atomic E-state index is 9.87. The van der Waals surface area contributed by atoms with Crippen molar-refractivity contribution in [2.24, 2.45) is 0 Å². The third-order valence-corrected chi connectivity index (χ3v) is 0. The van der Waals surface area contributed by atoms with Crippen LogP contribution >= 0.6 is 0 Å². The predicted molar refractivity (Wildman–Crippen MR) is 3.32 cm³/mol. The van der Waals surface area contributed by atoms with Crippen molar-refractivity contribution in [2.75, 3.05) is 0 Å². The van der Waals surface area contributed by atoms with Gasteiger partial charge in [0.15, 0.2) is 0 Å². The van der Waals surface area contributed by atoms with Crippen LogP contribution in [-0.4, -0.2) is 0 Å². The Labute approximate surface area is 39.5 Å². The van der Waals surface area contributed by atoms with E-state index in [2.05, 4.69) is 0 Å². The van der Waals surface area contributed by atoms with E-state index in [0.717, 1.165) is 0 Å². The minimum absolute atomic E-state index is 5.09. The van der Waals surface area contributed by atoms with Crippen molar-refractivity contribution < 1.29 is 39.9 Å². The molecule has 0 atom stereocenters. The summed E-state index contributed by atoms with van der Waals surface area (Å²) in [5.41, 5.74) is 0. The second-order valence-corrected chi connectivity index (χ2v) is 1.42. The van der Waals surface area contributed by atoms with Crippen molar-refractivity contribution in [3.05, 3.63) is 0 Å². The Kier molecular flexibility index (Phi) is 3.04. The molecule has 0 bridgehead atoms. The fourth-order valence-corrected chi connectivity index (χ4v) is 0. The van der Waals surface area contributed by atoms with Gasteiger partial charge in [-0.2, -0.15) is 0 Å². The van der Waals surface area contributed by atoms with Crippen LogP contribution in [0.5, 0.6) is 0 Å². The summed E-state index contributed by atoms with van der Waals surface area (Å²) in [7, 11) is 0. The van der Waals surface area contributed by atoms with Crippen LogP contribution in [0.3, 0.4) is 0 Å². The van der Waals surface area contributed by atoms with Crippen LogP contribution in [0.25, 0.3) is 0 Å². The zero-order chi connectivity index (χ0) is 3.58. The Bertz CT molecular complexity index is 8.00. The molecule has 26 valence electrons. The molecule has 0 aromatic rings. The quantitative estimate of drug-likeness (QED) is 0.554. The third kappa shape index (κ3) is 11.1. The first-order valence-corrected chi connectivity index (χ1v) is 3.76. The number of hydrogen-bond acceptors (Lipinski definition) is 0. The first-order valence-electron chi connectivity index (χ1n) is 0.507. The van der Waals surface area contributed by atoms with Crippen molar-refractivity contribution >= 4 is 0 Å². The predicted octanol–water partition coefficient (Wildman–Crippen LogP) is 1.26. The van der Waals surface area contributed by atoms with Crippen molar-refractivity contribution in [1.82, 2.24) is 0 Å². The molecule has 0 rings (SSSR count). The Morgan fingerprint density at radius 1 is 1.00 bits per heavy atom. The monoisotopic (exact) mass is 202 g/mol. The van der Waals surface area contributed by atoms with E-state index in [1.165, 1.54) is 0 Å². The van der Waals surface area contributed by atoms with Gasteiger partial charge < -0.3 is 0 Å². The van der Waals surface area contributed by atoms with Crippen LogP contribution in [-0.2, 0) is 0 Å². The van der Waals surface area contributed by atoms with Crippen LogP contribution in [0.1, 0.15) is 0 Å². The second kappa shape index (κ2) is 2.37. The Morgan fingerprint density at radius 3 is 1.00 bits per heavy atom. The van der Waals surface area contributed by atoms with E-state index in [0.29, 0.717) is 0 Å². The van der Waals surface area contributed by atoms with E-state index < -0.39 is 36.7 Å². The normalized spacial score (nSPS) is 9.00. The maximum atomic E-state index is 9.87. The summed E-state index contributed by atoms with van der Waals surface area (Å²) in [5, 5.41) is 0.